The standard InChI is InChI=1S/C16H13FN2OS.HNO3/c1-16(20,12-6-8-18-9-7-12)14-10-19-15(21-14)11-2-4-13(17)5-3-11;2-1(3)4/h2-10,20H,1H3;(H,2,3,4). The molecule has 1 atom stereocenters. The molecular weight excluding hydrogens is 349 g/mol. The predicted molar refractivity (Wildman–Crippen MR) is 89.2 cm³/mol. The first-order chi connectivity index (χ1) is 11.8. The Morgan fingerprint density at radius 2 is 1.76 bits per heavy atom. The number of benzene rings is 1. The number of hydrogen-bond acceptors (Lipinski definition) is 6. The van der Waals surface area contributed by atoms with Crippen LogP contribution in [0.4, 0.5) is 4.39 Å². The maximum atomic E-state index is 13.0. The van der Waals surface area contributed by atoms with Crippen LogP contribution in [-0.2, 0) is 5.60 Å². The Balaban J connectivity index is 0.000000511. The van der Waals surface area contributed by atoms with E-state index in [1.165, 1.54) is 23.5 Å². The molecule has 1 aromatic carbocycles. The molecule has 0 spiro atoms. The average molecular weight is 363 g/mol. The van der Waals surface area contributed by atoms with Gasteiger partial charge in [0, 0.05) is 24.2 Å². The van der Waals surface area contributed by atoms with Gasteiger partial charge >= 0.3 is 0 Å². The molecule has 25 heavy (non-hydrogen) atoms. The summed E-state index contributed by atoms with van der Waals surface area (Å²) in [5.41, 5.74) is 0.462. The van der Waals surface area contributed by atoms with Crippen LogP contribution >= 0.6 is 11.3 Å². The highest BCUT2D eigenvalue weighted by atomic mass is 32.1. The summed E-state index contributed by atoms with van der Waals surface area (Å²) in [6.07, 6.45) is 4.95. The van der Waals surface area contributed by atoms with Gasteiger partial charge < -0.3 is 10.3 Å². The van der Waals surface area contributed by atoms with Gasteiger partial charge in [-0.15, -0.1) is 21.5 Å². The van der Waals surface area contributed by atoms with Gasteiger partial charge in [0.15, 0.2) is 0 Å². The first-order valence-corrected chi connectivity index (χ1v) is 7.80. The van der Waals surface area contributed by atoms with Crippen LogP contribution < -0.4 is 0 Å². The van der Waals surface area contributed by atoms with Crippen molar-refractivity contribution in [1.29, 1.82) is 0 Å². The Hall–Kier alpha value is -2.91. The second kappa shape index (κ2) is 7.77. The van der Waals surface area contributed by atoms with Gasteiger partial charge in [-0.3, -0.25) is 4.98 Å². The lowest BCUT2D eigenvalue weighted by atomic mass is 9.96. The van der Waals surface area contributed by atoms with Crippen molar-refractivity contribution in [2.75, 3.05) is 0 Å². The number of rotatable bonds is 3. The Bertz CT molecular complexity index is 834. The molecule has 0 aliphatic rings. The highest BCUT2D eigenvalue weighted by Crippen LogP contribution is 2.35. The van der Waals surface area contributed by atoms with E-state index in [9.17, 15) is 9.50 Å². The zero-order valence-electron chi connectivity index (χ0n) is 13.0. The maximum absolute atomic E-state index is 13.0. The Morgan fingerprint density at radius 3 is 2.32 bits per heavy atom. The first-order valence-electron chi connectivity index (χ1n) is 6.99. The fraction of sp³-hybridized carbons (Fsp3) is 0.125. The third-order valence-corrected chi connectivity index (χ3v) is 4.58. The van der Waals surface area contributed by atoms with Crippen molar-refractivity contribution in [2.45, 2.75) is 12.5 Å². The van der Waals surface area contributed by atoms with E-state index in [4.69, 9.17) is 15.3 Å². The fourth-order valence-electron chi connectivity index (χ4n) is 2.04. The average Bonchev–Trinajstić information content (AvgIpc) is 3.07. The van der Waals surface area contributed by atoms with Crippen LogP contribution in [0.15, 0.2) is 55.0 Å². The van der Waals surface area contributed by atoms with Gasteiger partial charge in [-0.2, -0.15) is 0 Å². The van der Waals surface area contributed by atoms with E-state index in [1.807, 2.05) is 0 Å². The lowest BCUT2D eigenvalue weighted by molar-refractivity contribution is -0.742. The highest BCUT2D eigenvalue weighted by molar-refractivity contribution is 7.15. The molecule has 0 bridgehead atoms. The number of nitrogens with zero attached hydrogens (tertiary/aromatic N) is 3. The van der Waals surface area contributed by atoms with E-state index in [2.05, 4.69) is 9.97 Å². The summed E-state index contributed by atoms with van der Waals surface area (Å²) in [6, 6.07) is 9.71. The van der Waals surface area contributed by atoms with E-state index < -0.39 is 10.7 Å². The van der Waals surface area contributed by atoms with Crippen LogP contribution in [0.2, 0.25) is 0 Å². The first kappa shape index (κ1) is 18.4. The number of aliphatic hydroxyl groups is 1. The van der Waals surface area contributed by atoms with E-state index in [0.29, 0.717) is 0 Å². The van der Waals surface area contributed by atoms with Crippen LogP contribution in [-0.4, -0.2) is 25.4 Å². The Kier molecular flexibility index (Phi) is 5.73. The van der Waals surface area contributed by atoms with Crippen LogP contribution in [0.5, 0.6) is 0 Å². The number of thiazole rings is 1. The number of pyridine rings is 1. The SMILES string of the molecule is CC(O)(c1ccncc1)c1cnc(-c2ccc(F)cc2)s1.O=[N+]([O-])O. The van der Waals surface area contributed by atoms with Gasteiger partial charge in [0.2, 0.25) is 0 Å². The van der Waals surface area contributed by atoms with Crippen LogP contribution in [0.25, 0.3) is 10.6 Å². The molecule has 0 radical (unpaired) electrons. The molecule has 2 aromatic heterocycles. The third-order valence-electron chi connectivity index (χ3n) is 3.32. The lowest BCUT2D eigenvalue weighted by Gasteiger charge is -2.21. The summed E-state index contributed by atoms with van der Waals surface area (Å²) in [5.74, 6) is -0.278. The second-order valence-electron chi connectivity index (χ2n) is 5.08. The normalized spacial score (nSPS) is 12.6. The molecule has 3 aromatic rings. The molecular formula is C16H14FN3O4S. The molecule has 1 unspecified atom stereocenters. The summed E-state index contributed by atoms with van der Waals surface area (Å²) in [4.78, 5) is 17.4. The van der Waals surface area contributed by atoms with Crippen molar-refractivity contribution in [3.63, 3.8) is 0 Å². The van der Waals surface area contributed by atoms with Crippen molar-refractivity contribution in [3.05, 3.63) is 81.4 Å². The van der Waals surface area contributed by atoms with E-state index in [0.717, 1.165) is 21.0 Å². The quantitative estimate of drug-likeness (QED) is 0.546. The minimum absolute atomic E-state index is 0.278. The summed E-state index contributed by atoms with van der Waals surface area (Å²) in [7, 11) is 0. The summed E-state index contributed by atoms with van der Waals surface area (Å²) < 4.78 is 13.0. The largest absolute Gasteiger partial charge is 0.380 e. The fourth-order valence-corrected chi connectivity index (χ4v) is 3.03. The van der Waals surface area contributed by atoms with Crippen molar-refractivity contribution >= 4 is 11.3 Å². The molecule has 130 valence electrons. The molecule has 2 heterocycles. The number of hydrogen-bond donors (Lipinski definition) is 2. The minimum atomic E-state index is -1.50. The van der Waals surface area contributed by atoms with E-state index in [1.54, 1.807) is 49.8 Å². The third kappa shape index (κ3) is 4.78. The zero-order chi connectivity index (χ0) is 18.4. The maximum Gasteiger partial charge on any atom is 0.291 e. The van der Waals surface area contributed by atoms with Gasteiger partial charge in [0.1, 0.15) is 16.4 Å². The number of halogens is 1. The molecule has 0 fully saturated rings. The monoisotopic (exact) mass is 363 g/mol. The number of aromatic nitrogens is 2. The van der Waals surface area contributed by atoms with Crippen molar-refractivity contribution in [2.24, 2.45) is 0 Å². The molecule has 0 saturated carbocycles. The van der Waals surface area contributed by atoms with Crippen LogP contribution in [0.1, 0.15) is 17.4 Å². The van der Waals surface area contributed by atoms with Gasteiger partial charge in [-0.1, -0.05) is 0 Å². The van der Waals surface area contributed by atoms with Gasteiger partial charge in [0.25, 0.3) is 5.09 Å². The molecule has 9 heteroatoms. The van der Waals surface area contributed by atoms with Crippen LogP contribution in [0.3, 0.4) is 0 Å². The van der Waals surface area contributed by atoms with Crippen molar-refractivity contribution in [1.82, 2.24) is 9.97 Å². The predicted octanol–water partition coefficient (Wildman–Crippen LogP) is 3.25. The Morgan fingerprint density at radius 1 is 1.20 bits per heavy atom. The summed E-state index contributed by atoms with van der Waals surface area (Å²) >= 11 is 1.39. The molecule has 0 aliphatic carbocycles. The lowest BCUT2D eigenvalue weighted by Crippen LogP contribution is -2.21. The van der Waals surface area contributed by atoms with Crippen LogP contribution in [0, 0.1) is 15.9 Å². The molecule has 2 N–H and O–H groups in total. The summed E-state index contributed by atoms with van der Waals surface area (Å²) in [5, 5.41) is 25.1. The molecule has 3 rings (SSSR count). The van der Waals surface area contributed by atoms with Gasteiger partial charge in [0.05, 0.1) is 4.88 Å². The second-order valence-corrected chi connectivity index (χ2v) is 6.11. The summed E-state index contributed by atoms with van der Waals surface area (Å²) in [6.45, 7) is 1.73. The molecule has 0 saturated heterocycles. The molecule has 0 amide bonds. The molecule has 7 nitrogen and oxygen atoms in total. The highest BCUT2D eigenvalue weighted by Gasteiger charge is 2.28. The van der Waals surface area contributed by atoms with Gasteiger partial charge in [-0.05, 0) is 48.9 Å². The van der Waals surface area contributed by atoms with Gasteiger partial charge in [-0.25, -0.2) is 9.37 Å². The van der Waals surface area contributed by atoms with E-state index >= 15 is 0 Å². The minimum Gasteiger partial charge on any atom is -0.380 e. The molecule has 0 aliphatic heterocycles. The van der Waals surface area contributed by atoms with E-state index in [-0.39, 0.29) is 5.82 Å². The van der Waals surface area contributed by atoms with Crippen molar-refractivity contribution < 1.29 is 19.8 Å². The zero-order valence-corrected chi connectivity index (χ0v) is 13.9. The smallest absolute Gasteiger partial charge is 0.291 e. The van der Waals surface area contributed by atoms with Crippen molar-refractivity contribution in [3.8, 4) is 10.6 Å². The Labute approximate surface area is 146 Å². The topological polar surface area (TPSA) is 109 Å².